The molecule has 2 rings (SSSR count). The number of para-hydroxylation sites is 1. The van der Waals surface area contributed by atoms with E-state index in [2.05, 4.69) is 4.72 Å². The molecule has 0 aliphatic heterocycles. The zero-order valence-corrected chi connectivity index (χ0v) is 13.6. The number of hydrogen-bond acceptors (Lipinski definition) is 5. The van der Waals surface area contributed by atoms with Crippen molar-refractivity contribution < 1.29 is 23.2 Å². The van der Waals surface area contributed by atoms with Crippen LogP contribution in [0.2, 0.25) is 0 Å². The summed E-state index contributed by atoms with van der Waals surface area (Å²) in [6.07, 6.45) is -0.316. The number of amides is 1. The first-order valence-electron chi connectivity index (χ1n) is 7.20. The molecule has 0 spiro atoms. The molecule has 0 fully saturated rings. The maximum Gasteiger partial charge on any atom is 0.244 e. The number of sulfonamides is 1. The molecule has 0 aliphatic rings. The highest BCUT2D eigenvalue weighted by atomic mass is 32.2. The molecule has 0 bridgehead atoms. The summed E-state index contributed by atoms with van der Waals surface area (Å²) in [7, 11) is -3.62. The molecule has 3 N–H and O–H groups in total. The van der Waals surface area contributed by atoms with Crippen LogP contribution in [0.3, 0.4) is 0 Å². The van der Waals surface area contributed by atoms with Crippen LogP contribution in [0.15, 0.2) is 54.6 Å². The Morgan fingerprint density at radius 1 is 1.04 bits per heavy atom. The Balaban J connectivity index is 1.93. The maximum absolute atomic E-state index is 11.8. The SMILES string of the molecule is O=C(CCS(=O)(=O)NCc1cccc(Oc2ccccc2)c1)NO. The molecule has 0 unspecified atom stereocenters. The van der Waals surface area contributed by atoms with Crippen molar-refractivity contribution >= 4 is 15.9 Å². The quantitative estimate of drug-likeness (QED) is 0.497. The first kappa shape index (κ1) is 17.9. The van der Waals surface area contributed by atoms with E-state index in [1.807, 2.05) is 30.3 Å². The zero-order valence-electron chi connectivity index (χ0n) is 12.8. The highest BCUT2D eigenvalue weighted by molar-refractivity contribution is 7.89. The van der Waals surface area contributed by atoms with E-state index in [1.54, 1.807) is 24.3 Å². The fraction of sp³-hybridized carbons (Fsp3) is 0.188. The topological polar surface area (TPSA) is 105 Å². The second kappa shape index (κ2) is 8.44. The fourth-order valence-corrected chi connectivity index (χ4v) is 2.88. The molecule has 0 radical (unpaired) electrons. The number of benzene rings is 2. The molecule has 24 heavy (non-hydrogen) atoms. The lowest BCUT2D eigenvalue weighted by molar-refractivity contribution is -0.128. The minimum absolute atomic E-state index is 0.0784. The molecule has 0 aliphatic carbocycles. The van der Waals surface area contributed by atoms with Crippen LogP contribution in [-0.2, 0) is 21.4 Å². The monoisotopic (exact) mass is 350 g/mol. The van der Waals surface area contributed by atoms with Crippen LogP contribution in [0.5, 0.6) is 11.5 Å². The van der Waals surface area contributed by atoms with Gasteiger partial charge in [0.1, 0.15) is 11.5 Å². The Kier molecular flexibility index (Phi) is 6.30. The number of hydroxylamine groups is 1. The molecule has 8 heteroatoms. The standard InChI is InChI=1S/C16H18N2O5S/c19-16(18-20)9-10-24(21,22)17-12-13-5-4-8-15(11-13)23-14-6-2-1-3-7-14/h1-8,11,17,20H,9-10,12H2,(H,18,19). The van der Waals surface area contributed by atoms with Crippen molar-refractivity contribution in [3.8, 4) is 11.5 Å². The Morgan fingerprint density at radius 2 is 1.75 bits per heavy atom. The van der Waals surface area contributed by atoms with Crippen molar-refractivity contribution in [1.82, 2.24) is 10.2 Å². The normalized spacial score (nSPS) is 11.0. The Morgan fingerprint density at radius 3 is 2.46 bits per heavy atom. The molecule has 0 saturated carbocycles. The van der Waals surface area contributed by atoms with Crippen LogP contribution in [-0.4, -0.2) is 25.3 Å². The molecule has 0 heterocycles. The van der Waals surface area contributed by atoms with Gasteiger partial charge in [0.05, 0.1) is 5.75 Å². The molecule has 2 aromatic rings. The fourth-order valence-electron chi connectivity index (χ4n) is 1.89. The van der Waals surface area contributed by atoms with E-state index in [0.29, 0.717) is 11.5 Å². The maximum atomic E-state index is 11.8. The summed E-state index contributed by atoms with van der Waals surface area (Å²) in [6.45, 7) is 0.0784. The van der Waals surface area contributed by atoms with Gasteiger partial charge in [0.15, 0.2) is 0 Å². The van der Waals surface area contributed by atoms with E-state index in [-0.39, 0.29) is 13.0 Å². The van der Waals surface area contributed by atoms with Crippen molar-refractivity contribution in [3.05, 3.63) is 60.2 Å². The molecule has 2 aromatic carbocycles. The lowest BCUT2D eigenvalue weighted by atomic mass is 10.2. The van der Waals surface area contributed by atoms with Gasteiger partial charge in [-0.3, -0.25) is 10.0 Å². The molecular formula is C16H18N2O5S. The van der Waals surface area contributed by atoms with E-state index in [1.165, 1.54) is 5.48 Å². The number of hydrogen-bond donors (Lipinski definition) is 3. The number of ether oxygens (including phenoxy) is 1. The van der Waals surface area contributed by atoms with Crippen LogP contribution < -0.4 is 14.9 Å². The van der Waals surface area contributed by atoms with Gasteiger partial charge in [0.25, 0.3) is 0 Å². The average molecular weight is 350 g/mol. The number of nitrogens with one attached hydrogen (secondary N) is 2. The van der Waals surface area contributed by atoms with Crippen LogP contribution in [0, 0.1) is 0 Å². The highest BCUT2D eigenvalue weighted by Gasteiger charge is 2.13. The molecular weight excluding hydrogens is 332 g/mol. The predicted molar refractivity (Wildman–Crippen MR) is 88.1 cm³/mol. The summed E-state index contributed by atoms with van der Waals surface area (Å²) < 4.78 is 31.7. The first-order chi connectivity index (χ1) is 11.5. The third-order valence-corrected chi connectivity index (χ3v) is 4.42. The molecule has 0 aromatic heterocycles. The van der Waals surface area contributed by atoms with Gasteiger partial charge in [-0.05, 0) is 29.8 Å². The third kappa shape index (κ3) is 5.99. The van der Waals surface area contributed by atoms with Crippen molar-refractivity contribution in [2.75, 3.05) is 5.75 Å². The molecule has 7 nitrogen and oxygen atoms in total. The van der Waals surface area contributed by atoms with E-state index in [4.69, 9.17) is 9.94 Å². The van der Waals surface area contributed by atoms with Crippen LogP contribution in [0.25, 0.3) is 0 Å². The van der Waals surface area contributed by atoms with Crippen LogP contribution in [0.4, 0.5) is 0 Å². The van der Waals surface area contributed by atoms with Crippen molar-refractivity contribution in [2.24, 2.45) is 0 Å². The second-order valence-corrected chi connectivity index (χ2v) is 6.91. The van der Waals surface area contributed by atoms with Crippen LogP contribution in [0.1, 0.15) is 12.0 Å². The summed E-state index contributed by atoms with van der Waals surface area (Å²) in [5.74, 6) is 0.126. The number of carbonyl (C=O) groups is 1. The minimum atomic E-state index is -3.62. The minimum Gasteiger partial charge on any atom is -0.457 e. The number of rotatable bonds is 8. The summed E-state index contributed by atoms with van der Waals surface area (Å²) in [5, 5.41) is 8.36. The molecule has 1 amide bonds. The summed E-state index contributed by atoms with van der Waals surface area (Å²) in [6, 6.07) is 16.3. The van der Waals surface area contributed by atoms with Crippen LogP contribution >= 0.6 is 0 Å². The van der Waals surface area contributed by atoms with Gasteiger partial charge in [-0.25, -0.2) is 18.6 Å². The first-order valence-corrected chi connectivity index (χ1v) is 8.86. The largest absolute Gasteiger partial charge is 0.457 e. The predicted octanol–water partition coefficient (Wildman–Crippen LogP) is 1.79. The van der Waals surface area contributed by atoms with Gasteiger partial charge in [0, 0.05) is 13.0 Å². The number of carbonyl (C=O) groups excluding carboxylic acids is 1. The second-order valence-electron chi connectivity index (χ2n) is 4.99. The highest BCUT2D eigenvalue weighted by Crippen LogP contribution is 2.21. The third-order valence-electron chi connectivity index (χ3n) is 3.10. The summed E-state index contributed by atoms with van der Waals surface area (Å²) in [4.78, 5) is 10.9. The van der Waals surface area contributed by atoms with E-state index >= 15 is 0 Å². The lowest BCUT2D eigenvalue weighted by Crippen LogP contribution is -2.29. The van der Waals surface area contributed by atoms with Gasteiger partial charge in [-0.2, -0.15) is 0 Å². The molecule has 0 atom stereocenters. The van der Waals surface area contributed by atoms with Crippen molar-refractivity contribution in [2.45, 2.75) is 13.0 Å². The Hall–Kier alpha value is -2.42. The van der Waals surface area contributed by atoms with Crippen molar-refractivity contribution in [1.29, 1.82) is 0 Å². The Bertz CT molecular complexity index is 778. The van der Waals surface area contributed by atoms with Gasteiger partial charge >= 0.3 is 0 Å². The van der Waals surface area contributed by atoms with E-state index < -0.39 is 21.7 Å². The van der Waals surface area contributed by atoms with Gasteiger partial charge < -0.3 is 4.74 Å². The van der Waals surface area contributed by atoms with E-state index in [0.717, 1.165) is 5.56 Å². The molecule has 128 valence electrons. The summed E-state index contributed by atoms with van der Waals surface area (Å²) in [5.41, 5.74) is 2.12. The molecule has 0 saturated heterocycles. The average Bonchev–Trinajstić information content (AvgIpc) is 2.59. The zero-order chi connectivity index (χ0) is 17.4. The Labute approximate surface area is 140 Å². The smallest absolute Gasteiger partial charge is 0.244 e. The van der Waals surface area contributed by atoms with Gasteiger partial charge in [-0.1, -0.05) is 30.3 Å². The lowest BCUT2D eigenvalue weighted by Gasteiger charge is -2.09. The van der Waals surface area contributed by atoms with Gasteiger partial charge in [-0.15, -0.1) is 0 Å². The van der Waals surface area contributed by atoms with Crippen molar-refractivity contribution in [3.63, 3.8) is 0 Å². The van der Waals surface area contributed by atoms with E-state index in [9.17, 15) is 13.2 Å². The van der Waals surface area contributed by atoms with Gasteiger partial charge in [0.2, 0.25) is 15.9 Å². The summed E-state index contributed by atoms with van der Waals surface area (Å²) >= 11 is 0.